The Labute approximate surface area is 243 Å². The zero-order chi connectivity index (χ0) is 29.1. The Hall–Kier alpha value is -3.89. The van der Waals surface area contributed by atoms with Crippen LogP contribution >= 0.6 is 11.3 Å². The second-order valence-corrected chi connectivity index (χ2v) is 12.4. The van der Waals surface area contributed by atoms with Crippen LogP contribution in [0.4, 0.5) is 9.59 Å². The van der Waals surface area contributed by atoms with Crippen molar-refractivity contribution < 1.29 is 33.7 Å². The Morgan fingerprint density at radius 1 is 1.02 bits per heavy atom. The second-order valence-electron chi connectivity index (χ2n) is 11.2. The Balaban J connectivity index is 1.38. The lowest BCUT2D eigenvalue weighted by Crippen LogP contribution is -2.58. The predicted molar refractivity (Wildman–Crippen MR) is 154 cm³/mol. The van der Waals surface area contributed by atoms with Crippen molar-refractivity contribution in [2.45, 2.75) is 57.3 Å². The van der Waals surface area contributed by atoms with Crippen LogP contribution in [0.1, 0.15) is 58.8 Å². The van der Waals surface area contributed by atoms with E-state index in [9.17, 15) is 19.5 Å². The monoisotopic (exact) mass is 578 g/mol. The molecule has 5 rings (SSSR count). The molecule has 0 spiro atoms. The third-order valence-corrected chi connectivity index (χ3v) is 8.25. The summed E-state index contributed by atoms with van der Waals surface area (Å²) in [6, 6.07) is 18.5. The molecule has 216 valence electrons. The standard InChI is InChI=1S/C31H34N2O7S/c1-31(2,3)40-29(36)32-25-18-38-15-14-26(25)33(16-19-12-13-27(41-19)28(34)35)30(37)39-17-24-22-10-6-4-8-20(22)21-9-5-7-11-23(21)24/h4-13,24-26H,14-18H2,1-3H3,(H,32,36)(H,34,35)/t25-,26+/m0/s1. The Kier molecular flexibility index (Phi) is 8.32. The van der Waals surface area contributed by atoms with Gasteiger partial charge in [-0.3, -0.25) is 4.90 Å². The SMILES string of the molecule is CC(C)(C)OC(=O)N[C@H]1COCC[C@H]1N(Cc1ccc(C(=O)O)s1)C(=O)OCC1c2ccccc2-c2ccccc21. The summed E-state index contributed by atoms with van der Waals surface area (Å²) >= 11 is 1.11. The molecule has 41 heavy (non-hydrogen) atoms. The number of rotatable bonds is 7. The van der Waals surface area contributed by atoms with Crippen LogP contribution < -0.4 is 5.32 Å². The fourth-order valence-corrected chi connectivity index (χ4v) is 6.28. The number of amides is 2. The molecule has 1 aliphatic carbocycles. The number of benzene rings is 2. The number of hydrogen-bond acceptors (Lipinski definition) is 7. The summed E-state index contributed by atoms with van der Waals surface area (Å²) in [6.45, 7) is 6.20. The van der Waals surface area contributed by atoms with Crippen LogP contribution in [0.25, 0.3) is 11.1 Å². The molecule has 0 radical (unpaired) electrons. The van der Waals surface area contributed by atoms with E-state index >= 15 is 0 Å². The van der Waals surface area contributed by atoms with Gasteiger partial charge in [0.05, 0.1) is 25.2 Å². The molecule has 2 aliphatic rings. The van der Waals surface area contributed by atoms with Crippen LogP contribution in [-0.4, -0.2) is 65.7 Å². The number of alkyl carbamates (subject to hydrolysis) is 1. The van der Waals surface area contributed by atoms with Crippen LogP contribution in [-0.2, 0) is 20.8 Å². The second kappa shape index (κ2) is 11.9. The first-order chi connectivity index (χ1) is 19.6. The third kappa shape index (κ3) is 6.55. The van der Waals surface area contributed by atoms with Crippen molar-refractivity contribution in [3.8, 4) is 11.1 Å². The molecular formula is C31H34N2O7S. The number of carbonyl (C=O) groups is 3. The van der Waals surface area contributed by atoms with E-state index in [0.717, 1.165) is 33.6 Å². The summed E-state index contributed by atoms with van der Waals surface area (Å²) in [4.78, 5) is 40.4. The number of hydrogen-bond donors (Lipinski definition) is 2. The average molecular weight is 579 g/mol. The number of fused-ring (bicyclic) bond motifs is 3. The number of carbonyl (C=O) groups excluding carboxylic acids is 2. The summed E-state index contributed by atoms with van der Waals surface area (Å²) < 4.78 is 17.1. The van der Waals surface area contributed by atoms with E-state index < -0.39 is 35.8 Å². The summed E-state index contributed by atoms with van der Waals surface area (Å²) in [5.41, 5.74) is 3.78. The van der Waals surface area contributed by atoms with E-state index in [1.165, 1.54) is 6.07 Å². The summed E-state index contributed by atoms with van der Waals surface area (Å²) in [7, 11) is 0. The maximum absolute atomic E-state index is 13.8. The average Bonchev–Trinajstić information content (AvgIpc) is 3.53. The van der Waals surface area contributed by atoms with Crippen molar-refractivity contribution in [2.24, 2.45) is 0 Å². The summed E-state index contributed by atoms with van der Waals surface area (Å²) in [5, 5.41) is 12.3. The Morgan fingerprint density at radius 3 is 2.29 bits per heavy atom. The van der Waals surface area contributed by atoms with Gasteiger partial charge in [0.2, 0.25) is 0 Å². The maximum Gasteiger partial charge on any atom is 0.410 e. The van der Waals surface area contributed by atoms with Crippen LogP contribution in [0.3, 0.4) is 0 Å². The number of aromatic carboxylic acids is 1. The molecule has 3 aromatic rings. The van der Waals surface area contributed by atoms with Gasteiger partial charge in [-0.2, -0.15) is 0 Å². The van der Waals surface area contributed by atoms with Gasteiger partial charge in [0, 0.05) is 17.4 Å². The van der Waals surface area contributed by atoms with Gasteiger partial charge in [-0.1, -0.05) is 48.5 Å². The Bertz CT molecular complexity index is 1380. The minimum absolute atomic E-state index is 0.112. The van der Waals surface area contributed by atoms with Gasteiger partial charge >= 0.3 is 18.2 Å². The number of nitrogens with one attached hydrogen (secondary N) is 1. The quantitative estimate of drug-likeness (QED) is 0.360. The lowest BCUT2D eigenvalue weighted by Gasteiger charge is -2.39. The molecule has 10 heteroatoms. The molecule has 1 saturated heterocycles. The molecule has 2 atom stereocenters. The van der Waals surface area contributed by atoms with E-state index in [1.807, 2.05) is 24.3 Å². The van der Waals surface area contributed by atoms with E-state index in [2.05, 4.69) is 29.6 Å². The number of ether oxygens (including phenoxy) is 3. The Morgan fingerprint density at radius 2 is 1.68 bits per heavy atom. The molecule has 2 N–H and O–H groups in total. The predicted octanol–water partition coefficient (Wildman–Crippen LogP) is 5.88. The number of carboxylic acid groups (broad SMARTS) is 1. The van der Waals surface area contributed by atoms with Crippen molar-refractivity contribution in [3.05, 3.63) is 81.5 Å². The van der Waals surface area contributed by atoms with E-state index in [1.54, 1.807) is 31.7 Å². The highest BCUT2D eigenvalue weighted by Gasteiger charge is 2.37. The van der Waals surface area contributed by atoms with E-state index in [4.69, 9.17) is 14.2 Å². The molecule has 1 aliphatic heterocycles. The molecule has 1 aromatic heterocycles. The van der Waals surface area contributed by atoms with Crippen molar-refractivity contribution >= 4 is 29.5 Å². The van der Waals surface area contributed by atoms with Crippen LogP contribution in [0, 0.1) is 0 Å². The zero-order valence-electron chi connectivity index (χ0n) is 23.3. The molecule has 2 aromatic carbocycles. The largest absolute Gasteiger partial charge is 0.477 e. The van der Waals surface area contributed by atoms with Gasteiger partial charge in [0.15, 0.2) is 0 Å². The van der Waals surface area contributed by atoms with Gasteiger partial charge in [0.25, 0.3) is 0 Å². The smallest absolute Gasteiger partial charge is 0.410 e. The van der Waals surface area contributed by atoms with Crippen molar-refractivity contribution in [1.82, 2.24) is 10.2 Å². The normalized spacial score (nSPS) is 18.2. The van der Waals surface area contributed by atoms with Gasteiger partial charge in [-0.05, 0) is 61.6 Å². The molecule has 9 nitrogen and oxygen atoms in total. The van der Waals surface area contributed by atoms with Crippen LogP contribution in [0.2, 0.25) is 0 Å². The van der Waals surface area contributed by atoms with Crippen LogP contribution in [0.5, 0.6) is 0 Å². The zero-order valence-corrected chi connectivity index (χ0v) is 24.1. The lowest BCUT2D eigenvalue weighted by molar-refractivity contribution is -0.00683. The van der Waals surface area contributed by atoms with Crippen molar-refractivity contribution in [2.75, 3.05) is 19.8 Å². The fourth-order valence-electron chi connectivity index (χ4n) is 5.44. The molecule has 0 saturated carbocycles. The number of nitrogens with zero attached hydrogens (tertiary/aromatic N) is 1. The molecule has 2 amide bonds. The lowest BCUT2D eigenvalue weighted by atomic mass is 9.98. The minimum Gasteiger partial charge on any atom is -0.477 e. The highest BCUT2D eigenvalue weighted by Crippen LogP contribution is 2.44. The van der Waals surface area contributed by atoms with Gasteiger partial charge in [-0.15, -0.1) is 11.3 Å². The third-order valence-electron chi connectivity index (χ3n) is 7.19. The maximum atomic E-state index is 13.8. The first-order valence-corrected chi connectivity index (χ1v) is 14.4. The molecular weight excluding hydrogens is 544 g/mol. The summed E-state index contributed by atoms with van der Waals surface area (Å²) in [6.07, 6.45) is -0.684. The molecule has 0 bridgehead atoms. The highest BCUT2D eigenvalue weighted by atomic mass is 32.1. The minimum atomic E-state index is -1.02. The van der Waals surface area contributed by atoms with Gasteiger partial charge in [0.1, 0.15) is 17.1 Å². The fraction of sp³-hybridized carbons (Fsp3) is 0.387. The van der Waals surface area contributed by atoms with Gasteiger partial charge in [-0.25, -0.2) is 14.4 Å². The molecule has 2 heterocycles. The van der Waals surface area contributed by atoms with Gasteiger partial charge < -0.3 is 24.6 Å². The van der Waals surface area contributed by atoms with E-state index in [-0.39, 0.29) is 30.6 Å². The molecule has 0 unspecified atom stereocenters. The van der Waals surface area contributed by atoms with Crippen molar-refractivity contribution in [3.63, 3.8) is 0 Å². The van der Waals surface area contributed by atoms with E-state index in [0.29, 0.717) is 17.9 Å². The summed E-state index contributed by atoms with van der Waals surface area (Å²) in [5.74, 6) is -1.14. The number of carboxylic acids is 1. The first-order valence-electron chi connectivity index (χ1n) is 13.6. The molecule has 1 fully saturated rings. The van der Waals surface area contributed by atoms with Crippen molar-refractivity contribution in [1.29, 1.82) is 0 Å². The highest BCUT2D eigenvalue weighted by molar-refractivity contribution is 7.13. The first kappa shape index (κ1) is 28.6. The number of thiophene rings is 1. The topological polar surface area (TPSA) is 114 Å². The van der Waals surface area contributed by atoms with Crippen LogP contribution in [0.15, 0.2) is 60.7 Å².